The minimum absolute atomic E-state index is 0.218. The summed E-state index contributed by atoms with van der Waals surface area (Å²) in [5, 5.41) is 7.30. The number of carbonyl (C=O) groups excluding carboxylic acids is 1. The fourth-order valence-corrected chi connectivity index (χ4v) is 0.851. The third kappa shape index (κ3) is 7.61. The minimum Gasteiger partial charge on any atom is -0.461 e. The van der Waals surface area contributed by atoms with E-state index in [4.69, 9.17) is 10.1 Å². The molecule has 0 heterocycles. The van der Waals surface area contributed by atoms with Gasteiger partial charge in [0.25, 0.3) is 0 Å². The molecule has 0 rings (SSSR count). The largest absolute Gasteiger partial charge is 0.461 e. The average Bonchev–Trinajstić information content (AvgIpc) is 2.24. The van der Waals surface area contributed by atoms with Gasteiger partial charge in [-0.1, -0.05) is 25.8 Å². The van der Waals surface area contributed by atoms with E-state index in [1.807, 2.05) is 6.92 Å². The maximum atomic E-state index is 11.1. The first-order chi connectivity index (χ1) is 7.22. The molecule has 0 radical (unpaired) electrons. The lowest BCUT2D eigenvalue weighted by Gasteiger charge is -2.01. The van der Waals surface area contributed by atoms with Crippen molar-refractivity contribution in [3.05, 3.63) is 12.3 Å². The van der Waals surface area contributed by atoms with E-state index in [0.29, 0.717) is 6.61 Å². The highest BCUT2D eigenvalue weighted by Crippen LogP contribution is 1.94. The number of nitrogens with zero attached hydrogens (tertiary/aromatic N) is 1. The van der Waals surface area contributed by atoms with Crippen molar-refractivity contribution < 1.29 is 9.53 Å². The number of aliphatic imine (C=N–C) groups is 1. The first-order valence-electron chi connectivity index (χ1n) is 5.12. The van der Waals surface area contributed by atoms with Crippen molar-refractivity contribution in [2.75, 3.05) is 6.61 Å². The van der Waals surface area contributed by atoms with Crippen LogP contribution in [0.3, 0.4) is 0 Å². The molecule has 0 fully saturated rings. The van der Waals surface area contributed by atoms with E-state index >= 15 is 0 Å². The zero-order chi connectivity index (χ0) is 11.5. The van der Waals surface area contributed by atoms with Crippen LogP contribution in [0.5, 0.6) is 0 Å². The molecule has 84 valence electrons. The van der Waals surface area contributed by atoms with Crippen molar-refractivity contribution >= 4 is 17.9 Å². The lowest BCUT2D eigenvalue weighted by atomic mass is 10.3. The van der Waals surface area contributed by atoms with Gasteiger partial charge in [0.05, 0.1) is 12.8 Å². The lowest BCUT2D eigenvalue weighted by molar-refractivity contribution is -0.135. The first-order valence-corrected chi connectivity index (χ1v) is 5.12. The molecule has 0 unspecified atom stereocenters. The number of rotatable bonds is 7. The van der Waals surface area contributed by atoms with Gasteiger partial charge in [0, 0.05) is 6.20 Å². The summed E-state index contributed by atoms with van der Waals surface area (Å²) >= 11 is 0. The Morgan fingerprint density at radius 2 is 2.20 bits per heavy atom. The van der Waals surface area contributed by atoms with Crippen molar-refractivity contribution in [3.8, 4) is 0 Å². The molecule has 4 heteroatoms. The van der Waals surface area contributed by atoms with E-state index in [1.165, 1.54) is 12.4 Å². The van der Waals surface area contributed by atoms with Crippen molar-refractivity contribution in [2.24, 2.45) is 4.99 Å². The van der Waals surface area contributed by atoms with Crippen LogP contribution >= 0.6 is 0 Å². The van der Waals surface area contributed by atoms with Gasteiger partial charge in [-0.25, -0.2) is 4.79 Å². The van der Waals surface area contributed by atoms with Crippen LogP contribution in [0.25, 0.3) is 0 Å². The van der Waals surface area contributed by atoms with Crippen molar-refractivity contribution in [1.82, 2.24) is 0 Å². The van der Waals surface area contributed by atoms with Gasteiger partial charge in [0.1, 0.15) is 0 Å². The summed E-state index contributed by atoms with van der Waals surface area (Å²) in [4.78, 5) is 14.9. The Morgan fingerprint density at radius 3 is 2.80 bits per heavy atom. The Hall–Kier alpha value is -1.45. The Morgan fingerprint density at radius 1 is 1.47 bits per heavy atom. The highest BCUT2D eigenvalue weighted by molar-refractivity contribution is 6.58. The fraction of sp³-hybridized carbons (Fsp3) is 0.545. The second-order valence-corrected chi connectivity index (χ2v) is 3.02. The number of hydrogen-bond acceptors (Lipinski definition) is 4. The van der Waals surface area contributed by atoms with Gasteiger partial charge in [-0.3, -0.25) is 10.4 Å². The topological polar surface area (TPSA) is 62.5 Å². The predicted molar refractivity (Wildman–Crippen MR) is 61.5 cm³/mol. The Bertz CT molecular complexity index is 257. The second kappa shape index (κ2) is 9.12. The number of ether oxygens (including phenoxy) is 1. The third-order valence-corrected chi connectivity index (χ3v) is 1.64. The highest BCUT2D eigenvalue weighted by Gasteiger charge is 2.06. The summed E-state index contributed by atoms with van der Waals surface area (Å²) in [5.41, 5.74) is -0.218. The van der Waals surface area contributed by atoms with E-state index in [1.54, 1.807) is 6.08 Å². The van der Waals surface area contributed by atoms with Crippen LogP contribution in [-0.4, -0.2) is 24.5 Å². The summed E-state index contributed by atoms with van der Waals surface area (Å²) < 4.78 is 4.86. The maximum Gasteiger partial charge on any atom is 0.357 e. The van der Waals surface area contributed by atoms with Crippen LogP contribution in [0.4, 0.5) is 0 Å². The van der Waals surface area contributed by atoms with Crippen LogP contribution in [0.2, 0.25) is 0 Å². The molecule has 0 aromatic rings. The van der Waals surface area contributed by atoms with Crippen LogP contribution < -0.4 is 0 Å². The maximum absolute atomic E-state index is 11.1. The minimum atomic E-state index is -0.612. The summed E-state index contributed by atoms with van der Waals surface area (Å²) in [7, 11) is 0. The van der Waals surface area contributed by atoms with Gasteiger partial charge < -0.3 is 4.74 Å². The van der Waals surface area contributed by atoms with Crippen LogP contribution in [-0.2, 0) is 9.53 Å². The molecule has 0 aliphatic rings. The molecule has 0 spiro atoms. The normalized spacial score (nSPS) is 11.1. The molecule has 0 saturated carbocycles. The molecule has 0 aliphatic heterocycles. The van der Waals surface area contributed by atoms with E-state index in [-0.39, 0.29) is 5.71 Å². The monoisotopic (exact) mass is 210 g/mol. The quantitative estimate of drug-likeness (QED) is 0.398. The molecule has 0 amide bonds. The molecule has 0 atom stereocenters. The first kappa shape index (κ1) is 13.5. The molecule has 0 saturated heterocycles. The Balaban J connectivity index is 3.74. The van der Waals surface area contributed by atoms with Crippen molar-refractivity contribution in [2.45, 2.75) is 33.1 Å². The Labute approximate surface area is 90.6 Å². The van der Waals surface area contributed by atoms with E-state index in [2.05, 4.69) is 11.9 Å². The highest BCUT2D eigenvalue weighted by atomic mass is 16.5. The zero-order valence-corrected chi connectivity index (χ0v) is 9.32. The van der Waals surface area contributed by atoms with Crippen LogP contribution in [0.15, 0.2) is 17.3 Å². The van der Waals surface area contributed by atoms with E-state index in [0.717, 1.165) is 19.3 Å². The van der Waals surface area contributed by atoms with Gasteiger partial charge in [0.15, 0.2) is 5.71 Å². The van der Waals surface area contributed by atoms with Gasteiger partial charge in [-0.05, 0) is 13.3 Å². The molecular formula is C11H18N2O2. The molecule has 0 aromatic carbocycles. The number of allylic oxidation sites excluding steroid dienone is 1. The smallest absolute Gasteiger partial charge is 0.357 e. The second-order valence-electron chi connectivity index (χ2n) is 3.02. The van der Waals surface area contributed by atoms with E-state index in [9.17, 15) is 4.79 Å². The summed E-state index contributed by atoms with van der Waals surface area (Å²) in [6.07, 6.45) is 7.38. The molecule has 15 heavy (non-hydrogen) atoms. The van der Waals surface area contributed by atoms with Gasteiger partial charge in [0.2, 0.25) is 0 Å². The summed E-state index contributed by atoms with van der Waals surface area (Å²) in [5.74, 6) is -0.612. The zero-order valence-electron chi connectivity index (χ0n) is 9.32. The number of unbranched alkanes of at least 4 members (excludes halogenated alkanes) is 2. The molecule has 0 aromatic heterocycles. The number of esters is 1. The average molecular weight is 210 g/mol. The van der Waals surface area contributed by atoms with Crippen molar-refractivity contribution in [3.63, 3.8) is 0 Å². The van der Waals surface area contributed by atoms with Gasteiger partial charge in [-0.2, -0.15) is 0 Å². The summed E-state index contributed by atoms with van der Waals surface area (Å²) in [6.45, 7) is 4.27. The molecule has 4 nitrogen and oxygen atoms in total. The SMILES string of the molecule is C/C=C\N=CC(=N)C(=O)OCCCCC. The fourth-order valence-electron chi connectivity index (χ4n) is 0.851. The molecular weight excluding hydrogens is 192 g/mol. The summed E-state index contributed by atoms with van der Waals surface area (Å²) in [6, 6.07) is 0. The lowest BCUT2D eigenvalue weighted by Crippen LogP contribution is -2.18. The number of hydrogen-bond donors (Lipinski definition) is 1. The van der Waals surface area contributed by atoms with Crippen molar-refractivity contribution in [1.29, 1.82) is 5.41 Å². The van der Waals surface area contributed by atoms with Crippen LogP contribution in [0.1, 0.15) is 33.1 Å². The van der Waals surface area contributed by atoms with Crippen LogP contribution in [0, 0.1) is 5.41 Å². The molecule has 0 bridgehead atoms. The van der Waals surface area contributed by atoms with Gasteiger partial charge in [-0.15, -0.1) is 0 Å². The molecule has 0 aliphatic carbocycles. The van der Waals surface area contributed by atoms with E-state index < -0.39 is 5.97 Å². The molecule has 1 N–H and O–H groups in total. The Kier molecular flexibility index (Phi) is 8.24. The predicted octanol–water partition coefficient (Wildman–Crippen LogP) is 2.34. The van der Waals surface area contributed by atoms with Gasteiger partial charge >= 0.3 is 5.97 Å². The number of carbonyl (C=O) groups is 1. The third-order valence-electron chi connectivity index (χ3n) is 1.64. The standard InChI is InChI=1S/C11H18N2O2/c1-3-5-6-8-15-11(14)10(12)9-13-7-4-2/h4,7,9,12H,3,5-6,8H2,1-2H3/b7-4-,12-10?,13-9?. The number of nitrogens with one attached hydrogen (secondary N) is 1.